The van der Waals surface area contributed by atoms with E-state index in [0.717, 1.165) is 23.8 Å². The monoisotopic (exact) mass is 259 g/mol. The SMILES string of the molecule is CCc1cccc2c(O)cc3c(c12)C(CCl)C[CH-]3. The van der Waals surface area contributed by atoms with Crippen LogP contribution in [-0.2, 0) is 6.42 Å². The Labute approximate surface area is 112 Å². The predicted molar refractivity (Wildman–Crippen MR) is 76.5 cm³/mol. The number of phenols is 1. The molecule has 2 heteroatoms. The summed E-state index contributed by atoms with van der Waals surface area (Å²) in [4.78, 5) is 0. The van der Waals surface area contributed by atoms with Gasteiger partial charge in [-0.2, -0.15) is 12.0 Å². The molecule has 0 radical (unpaired) electrons. The number of aromatic hydroxyl groups is 1. The lowest BCUT2D eigenvalue weighted by atomic mass is 9.91. The third-order valence-corrected chi connectivity index (χ3v) is 4.27. The third-order valence-electron chi connectivity index (χ3n) is 3.90. The molecule has 1 atom stereocenters. The van der Waals surface area contributed by atoms with E-state index in [1.165, 1.54) is 16.5 Å². The van der Waals surface area contributed by atoms with Gasteiger partial charge in [0.25, 0.3) is 0 Å². The molecule has 2 aromatic carbocycles. The van der Waals surface area contributed by atoms with Crippen LogP contribution in [0.4, 0.5) is 0 Å². The van der Waals surface area contributed by atoms with Crippen molar-refractivity contribution < 1.29 is 5.11 Å². The van der Waals surface area contributed by atoms with Gasteiger partial charge in [0.1, 0.15) is 0 Å². The highest BCUT2D eigenvalue weighted by Crippen LogP contribution is 2.44. The van der Waals surface area contributed by atoms with Crippen LogP contribution in [0.2, 0.25) is 0 Å². The van der Waals surface area contributed by atoms with E-state index in [0.29, 0.717) is 17.5 Å². The zero-order valence-corrected chi connectivity index (χ0v) is 11.2. The lowest BCUT2D eigenvalue weighted by Gasteiger charge is -2.21. The number of benzene rings is 2. The van der Waals surface area contributed by atoms with Crippen LogP contribution >= 0.6 is 11.6 Å². The molecule has 0 saturated carbocycles. The molecular weight excluding hydrogens is 244 g/mol. The average molecular weight is 260 g/mol. The summed E-state index contributed by atoms with van der Waals surface area (Å²) in [6, 6.07) is 8.03. The second kappa shape index (κ2) is 4.40. The summed E-state index contributed by atoms with van der Waals surface area (Å²) in [6.07, 6.45) is 4.14. The van der Waals surface area contributed by atoms with E-state index in [1.807, 2.05) is 18.2 Å². The number of fused-ring (bicyclic) bond motifs is 3. The quantitative estimate of drug-likeness (QED) is 0.627. The number of alkyl halides is 1. The van der Waals surface area contributed by atoms with Crippen molar-refractivity contribution in [2.75, 3.05) is 5.88 Å². The summed E-state index contributed by atoms with van der Waals surface area (Å²) >= 11 is 6.09. The van der Waals surface area contributed by atoms with Crippen molar-refractivity contribution in [1.29, 1.82) is 0 Å². The lowest BCUT2D eigenvalue weighted by molar-refractivity contribution is 0.481. The third kappa shape index (κ3) is 1.58. The molecule has 1 N–H and O–H groups in total. The van der Waals surface area contributed by atoms with Crippen molar-refractivity contribution in [3.8, 4) is 5.75 Å². The van der Waals surface area contributed by atoms with Crippen LogP contribution in [-0.4, -0.2) is 11.0 Å². The number of hydrogen-bond donors (Lipinski definition) is 1. The van der Waals surface area contributed by atoms with Gasteiger partial charge in [0.15, 0.2) is 0 Å². The molecule has 0 aromatic heterocycles. The van der Waals surface area contributed by atoms with E-state index in [9.17, 15) is 5.11 Å². The summed E-state index contributed by atoms with van der Waals surface area (Å²) in [5, 5.41) is 12.3. The summed E-state index contributed by atoms with van der Waals surface area (Å²) < 4.78 is 0. The maximum Gasteiger partial charge on any atom is 0.0683 e. The van der Waals surface area contributed by atoms with Crippen LogP contribution in [0.5, 0.6) is 5.75 Å². The van der Waals surface area contributed by atoms with E-state index < -0.39 is 0 Å². The van der Waals surface area contributed by atoms with Gasteiger partial charge >= 0.3 is 0 Å². The molecule has 1 unspecified atom stereocenters. The van der Waals surface area contributed by atoms with E-state index in [-0.39, 0.29) is 0 Å². The van der Waals surface area contributed by atoms with Crippen molar-refractivity contribution in [2.45, 2.75) is 25.7 Å². The maximum absolute atomic E-state index is 10.2. The first kappa shape index (κ1) is 11.7. The van der Waals surface area contributed by atoms with Crippen LogP contribution in [0.1, 0.15) is 36.0 Å². The molecule has 0 fully saturated rings. The fourth-order valence-electron chi connectivity index (χ4n) is 3.01. The summed E-state index contributed by atoms with van der Waals surface area (Å²) in [7, 11) is 0. The molecule has 0 amide bonds. The molecule has 18 heavy (non-hydrogen) atoms. The molecule has 0 aliphatic heterocycles. The second-order valence-electron chi connectivity index (χ2n) is 4.88. The first-order valence-electron chi connectivity index (χ1n) is 6.42. The van der Waals surface area contributed by atoms with Crippen LogP contribution in [0.25, 0.3) is 10.8 Å². The number of rotatable bonds is 2. The van der Waals surface area contributed by atoms with Crippen LogP contribution in [0, 0.1) is 6.42 Å². The Morgan fingerprint density at radius 2 is 2.28 bits per heavy atom. The zero-order chi connectivity index (χ0) is 12.7. The second-order valence-corrected chi connectivity index (χ2v) is 5.19. The Morgan fingerprint density at radius 1 is 1.44 bits per heavy atom. The minimum Gasteiger partial charge on any atom is -0.520 e. The first-order valence-corrected chi connectivity index (χ1v) is 6.96. The Balaban J connectivity index is 2.41. The van der Waals surface area contributed by atoms with Crippen LogP contribution in [0.15, 0.2) is 24.3 Å². The summed E-state index contributed by atoms with van der Waals surface area (Å²) in [5.74, 6) is 1.41. The minimum atomic E-state index is 0.380. The number of halogens is 1. The van der Waals surface area contributed by atoms with Crippen molar-refractivity contribution in [3.05, 3.63) is 47.4 Å². The average Bonchev–Trinajstić information content (AvgIpc) is 2.81. The Bertz CT molecular complexity index is 604. The van der Waals surface area contributed by atoms with Crippen molar-refractivity contribution >= 4 is 22.4 Å². The fourth-order valence-corrected chi connectivity index (χ4v) is 3.29. The fraction of sp³-hybridized carbons (Fsp3) is 0.312. The Kier molecular flexibility index (Phi) is 2.87. The van der Waals surface area contributed by atoms with E-state index in [2.05, 4.69) is 19.4 Å². The zero-order valence-electron chi connectivity index (χ0n) is 10.4. The molecule has 3 rings (SSSR count). The van der Waals surface area contributed by atoms with Crippen molar-refractivity contribution in [1.82, 2.24) is 0 Å². The summed E-state index contributed by atoms with van der Waals surface area (Å²) in [5.41, 5.74) is 3.78. The van der Waals surface area contributed by atoms with Gasteiger partial charge in [-0.15, -0.1) is 23.2 Å². The normalized spacial score (nSPS) is 17.8. The number of aryl methyl sites for hydroxylation is 1. The van der Waals surface area contributed by atoms with Crippen LogP contribution in [0.3, 0.4) is 0 Å². The van der Waals surface area contributed by atoms with Gasteiger partial charge in [0.2, 0.25) is 0 Å². The standard InChI is InChI=1S/C16H16ClO/c1-2-10-4-3-5-13-14(18)8-11-6-7-12(9-17)15(11)16(10)13/h3-6,8,12,18H,2,7,9H2,1H3/q-1. The van der Waals surface area contributed by atoms with Gasteiger partial charge in [0.05, 0.1) is 5.75 Å². The molecule has 0 bridgehead atoms. The molecule has 94 valence electrons. The highest BCUT2D eigenvalue weighted by molar-refractivity contribution is 6.18. The van der Waals surface area contributed by atoms with E-state index in [4.69, 9.17) is 11.6 Å². The van der Waals surface area contributed by atoms with Gasteiger partial charge in [-0.1, -0.05) is 48.4 Å². The molecule has 1 aliphatic carbocycles. The predicted octanol–water partition coefficient (Wildman–Crippen LogP) is 4.39. The molecular formula is C16H16ClO-. The van der Waals surface area contributed by atoms with Crippen LogP contribution < -0.4 is 0 Å². The molecule has 0 heterocycles. The van der Waals surface area contributed by atoms with Gasteiger partial charge in [0, 0.05) is 5.88 Å². The van der Waals surface area contributed by atoms with Gasteiger partial charge in [-0.3, -0.25) is 0 Å². The largest absolute Gasteiger partial charge is 0.520 e. The molecule has 2 aromatic rings. The number of hydrogen-bond acceptors (Lipinski definition) is 1. The van der Waals surface area contributed by atoms with Crippen molar-refractivity contribution in [3.63, 3.8) is 0 Å². The number of phenolic OH excluding ortho intramolecular Hbond substituents is 1. The van der Waals surface area contributed by atoms with Gasteiger partial charge < -0.3 is 5.11 Å². The molecule has 0 spiro atoms. The Morgan fingerprint density at radius 3 is 3.00 bits per heavy atom. The van der Waals surface area contributed by atoms with E-state index in [1.54, 1.807) is 0 Å². The Hall–Kier alpha value is -1.34. The maximum atomic E-state index is 10.2. The first-order chi connectivity index (χ1) is 8.76. The van der Waals surface area contributed by atoms with Gasteiger partial charge in [-0.05, 0) is 11.8 Å². The van der Waals surface area contributed by atoms with Gasteiger partial charge in [-0.25, -0.2) is 0 Å². The molecule has 0 saturated heterocycles. The van der Waals surface area contributed by atoms with E-state index >= 15 is 0 Å². The molecule has 1 nitrogen and oxygen atoms in total. The molecule has 1 aliphatic rings. The lowest BCUT2D eigenvalue weighted by Crippen LogP contribution is -1.98. The minimum absolute atomic E-state index is 0.380. The summed E-state index contributed by atoms with van der Waals surface area (Å²) in [6.45, 7) is 2.15. The highest BCUT2D eigenvalue weighted by Gasteiger charge is 2.19. The topological polar surface area (TPSA) is 20.2 Å². The van der Waals surface area contributed by atoms with Crippen molar-refractivity contribution in [2.24, 2.45) is 0 Å². The highest BCUT2D eigenvalue weighted by atomic mass is 35.5. The smallest absolute Gasteiger partial charge is 0.0683 e.